The van der Waals surface area contributed by atoms with Crippen LogP contribution in [0.4, 0.5) is 0 Å². The molecule has 3 rings (SSSR count). The lowest BCUT2D eigenvalue weighted by Gasteiger charge is -2.28. The quantitative estimate of drug-likeness (QED) is 0.856. The van der Waals surface area contributed by atoms with E-state index in [1.54, 1.807) is 18.2 Å². The Hall–Kier alpha value is -2.53. The number of fused-ring (bicyclic) bond motifs is 3. The van der Waals surface area contributed by atoms with Crippen molar-refractivity contribution in [3.05, 3.63) is 48.0 Å². The van der Waals surface area contributed by atoms with E-state index >= 15 is 0 Å². The van der Waals surface area contributed by atoms with E-state index in [9.17, 15) is 9.90 Å². The molecule has 126 valence electrons. The van der Waals surface area contributed by atoms with Gasteiger partial charge in [0.05, 0.1) is 12.0 Å². The van der Waals surface area contributed by atoms with E-state index in [0.717, 1.165) is 11.1 Å². The van der Waals surface area contributed by atoms with Gasteiger partial charge >= 0.3 is 5.97 Å². The van der Waals surface area contributed by atoms with E-state index in [1.807, 2.05) is 43.3 Å². The second kappa shape index (κ2) is 6.93. The number of phenolic OH excluding ortho intramolecular Hbond substituents is 1. The van der Waals surface area contributed by atoms with Crippen LogP contribution in [0.3, 0.4) is 0 Å². The summed E-state index contributed by atoms with van der Waals surface area (Å²) in [5.41, 5.74) is 2.45. The van der Waals surface area contributed by atoms with Crippen molar-refractivity contribution in [2.24, 2.45) is 0 Å². The van der Waals surface area contributed by atoms with Crippen LogP contribution in [0.5, 0.6) is 11.5 Å². The van der Waals surface area contributed by atoms with Crippen LogP contribution >= 0.6 is 0 Å². The Morgan fingerprint density at radius 2 is 2.00 bits per heavy atom. The molecule has 5 heteroatoms. The molecule has 0 saturated heterocycles. The first-order chi connectivity index (χ1) is 11.6. The SMILES string of the molecule is CN(C)CCOC(=O)CC1Oc2cccc(O)c2-c2ccccc21. The second-order valence-electron chi connectivity index (χ2n) is 6.07. The number of benzene rings is 2. The number of carbonyl (C=O) groups is 1. The van der Waals surface area contributed by atoms with Crippen molar-refractivity contribution >= 4 is 5.97 Å². The summed E-state index contributed by atoms with van der Waals surface area (Å²) in [4.78, 5) is 14.1. The number of esters is 1. The smallest absolute Gasteiger partial charge is 0.309 e. The van der Waals surface area contributed by atoms with E-state index in [2.05, 4.69) is 0 Å². The summed E-state index contributed by atoms with van der Waals surface area (Å²) >= 11 is 0. The minimum atomic E-state index is -0.414. The molecule has 0 radical (unpaired) electrons. The largest absolute Gasteiger partial charge is 0.507 e. The summed E-state index contributed by atoms with van der Waals surface area (Å²) in [6, 6.07) is 12.8. The van der Waals surface area contributed by atoms with Crippen molar-refractivity contribution < 1.29 is 19.4 Å². The fourth-order valence-electron chi connectivity index (χ4n) is 2.81. The van der Waals surface area contributed by atoms with Gasteiger partial charge in [0.2, 0.25) is 0 Å². The highest BCUT2D eigenvalue weighted by molar-refractivity contribution is 5.82. The predicted molar refractivity (Wildman–Crippen MR) is 91.0 cm³/mol. The first kappa shape index (κ1) is 16.3. The van der Waals surface area contributed by atoms with Gasteiger partial charge in [0.25, 0.3) is 0 Å². The van der Waals surface area contributed by atoms with Gasteiger partial charge in [-0.05, 0) is 31.8 Å². The average molecular weight is 327 g/mol. The van der Waals surface area contributed by atoms with Gasteiger partial charge < -0.3 is 19.5 Å². The van der Waals surface area contributed by atoms with Gasteiger partial charge in [-0.25, -0.2) is 0 Å². The summed E-state index contributed by atoms with van der Waals surface area (Å²) in [5, 5.41) is 10.2. The fraction of sp³-hybridized carbons (Fsp3) is 0.316. The molecule has 0 aromatic heterocycles. The number of hydrogen-bond donors (Lipinski definition) is 1. The molecule has 1 aliphatic heterocycles. The minimum absolute atomic E-state index is 0.138. The van der Waals surface area contributed by atoms with Crippen molar-refractivity contribution in [3.63, 3.8) is 0 Å². The van der Waals surface area contributed by atoms with Crippen LogP contribution in [0.2, 0.25) is 0 Å². The highest BCUT2D eigenvalue weighted by Crippen LogP contribution is 2.47. The van der Waals surface area contributed by atoms with Gasteiger partial charge in [-0.2, -0.15) is 0 Å². The van der Waals surface area contributed by atoms with Gasteiger partial charge in [0.15, 0.2) is 0 Å². The Balaban J connectivity index is 1.80. The van der Waals surface area contributed by atoms with Crippen LogP contribution in [0.15, 0.2) is 42.5 Å². The molecule has 1 unspecified atom stereocenters. The lowest BCUT2D eigenvalue weighted by Crippen LogP contribution is -2.23. The van der Waals surface area contributed by atoms with Crippen molar-refractivity contribution in [3.8, 4) is 22.6 Å². The van der Waals surface area contributed by atoms with Crippen molar-refractivity contribution in [2.75, 3.05) is 27.2 Å². The normalized spacial score (nSPS) is 15.4. The summed E-state index contributed by atoms with van der Waals surface area (Å²) in [6.45, 7) is 1.04. The topological polar surface area (TPSA) is 59.0 Å². The Morgan fingerprint density at radius 1 is 1.21 bits per heavy atom. The molecule has 2 aromatic carbocycles. The molecule has 2 aromatic rings. The molecule has 0 saturated carbocycles. The number of carbonyl (C=O) groups excluding carboxylic acids is 1. The van der Waals surface area contributed by atoms with Gasteiger partial charge in [-0.15, -0.1) is 0 Å². The molecule has 24 heavy (non-hydrogen) atoms. The van der Waals surface area contributed by atoms with Crippen molar-refractivity contribution in [1.82, 2.24) is 4.90 Å². The maximum Gasteiger partial charge on any atom is 0.309 e. The number of ether oxygens (including phenoxy) is 2. The predicted octanol–water partition coefficient (Wildman–Crippen LogP) is 2.99. The Labute approximate surface area is 141 Å². The highest BCUT2D eigenvalue weighted by atomic mass is 16.5. The van der Waals surface area contributed by atoms with Gasteiger partial charge in [0, 0.05) is 12.1 Å². The highest BCUT2D eigenvalue weighted by Gasteiger charge is 2.29. The van der Waals surface area contributed by atoms with Crippen LogP contribution < -0.4 is 4.74 Å². The van der Waals surface area contributed by atoms with Crippen LogP contribution in [0, 0.1) is 0 Å². The zero-order valence-electron chi connectivity index (χ0n) is 13.9. The van der Waals surface area contributed by atoms with E-state index in [-0.39, 0.29) is 18.1 Å². The first-order valence-corrected chi connectivity index (χ1v) is 7.94. The second-order valence-corrected chi connectivity index (χ2v) is 6.07. The van der Waals surface area contributed by atoms with Crippen molar-refractivity contribution in [1.29, 1.82) is 0 Å². The first-order valence-electron chi connectivity index (χ1n) is 7.94. The van der Waals surface area contributed by atoms with Crippen LogP contribution in [0.25, 0.3) is 11.1 Å². The number of rotatable bonds is 5. The molecule has 1 atom stereocenters. The summed E-state index contributed by atoms with van der Waals surface area (Å²) in [6.07, 6.45) is -0.276. The molecule has 0 bridgehead atoms. The molecule has 0 aliphatic carbocycles. The lowest BCUT2D eigenvalue weighted by atomic mass is 9.91. The molecule has 5 nitrogen and oxygen atoms in total. The lowest BCUT2D eigenvalue weighted by molar-refractivity contribution is -0.145. The third kappa shape index (κ3) is 3.36. The Bertz CT molecular complexity index is 742. The number of hydrogen-bond acceptors (Lipinski definition) is 5. The zero-order valence-corrected chi connectivity index (χ0v) is 13.9. The van der Waals surface area contributed by atoms with Gasteiger partial charge in [0.1, 0.15) is 24.2 Å². The zero-order chi connectivity index (χ0) is 17.1. The van der Waals surface area contributed by atoms with Crippen LogP contribution in [-0.2, 0) is 9.53 Å². The van der Waals surface area contributed by atoms with E-state index in [4.69, 9.17) is 9.47 Å². The third-order valence-corrected chi connectivity index (χ3v) is 4.00. The molecular formula is C19H21NO4. The molecular weight excluding hydrogens is 306 g/mol. The third-order valence-electron chi connectivity index (χ3n) is 4.00. The Morgan fingerprint density at radius 3 is 2.79 bits per heavy atom. The van der Waals surface area contributed by atoms with Crippen LogP contribution in [0.1, 0.15) is 18.1 Å². The van der Waals surface area contributed by atoms with Crippen LogP contribution in [-0.4, -0.2) is 43.2 Å². The maximum absolute atomic E-state index is 12.1. The van der Waals surface area contributed by atoms with Gasteiger partial charge in [-0.3, -0.25) is 4.79 Å². The van der Waals surface area contributed by atoms with E-state index in [0.29, 0.717) is 24.5 Å². The van der Waals surface area contributed by atoms with E-state index < -0.39 is 6.10 Å². The molecule has 0 fully saturated rings. The summed E-state index contributed by atoms with van der Waals surface area (Å²) < 4.78 is 11.2. The number of aromatic hydroxyl groups is 1. The standard InChI is InChI=1S/C19H21NO4/c1-20(2)10-11-23-18(22)12-17-13-6-3-4-7-14(13)19-15(21)8-5-9-16(19)24-17/h3-9,17,21H,10-12H2,1-2H3. The van der Waals surface area contributed by atoms with Crippen molar-refractivity contribution in [2.45, 2.75) is 12.5 Å². The minimum Gasteiger partial charge on any atom is -0.507 e. The van der Waals surface area contributed by atoms with Gasteiger partial charge in [-0.1, -0.05) is 30.3 Å². The summed E-state index contributed by atoms with van der Waals surface area (Å²) in [5.74, 6) is 0.465. The average Bonchev–Trinajstić information content (AvgIpc) is 2.54. The molecule has 0 spiro atoms. The Kier molecular flexibility index (Phi) is 4.71. The maximum atomic E-state index is 12.1. The molecule has 1 aliphatic rings. The number of phenols is 1. The molecule has 1 heterocycles. The number of nitrogens with zero attached hydrogens (tertiary/aromatic N) is 1. The fourth-order valence-corrected chi connectivity index (χ4v) is 2.81. The monoisotopic (exact) mass is 327 g/mol. The van der Waals surface area contributed by atoms with E-state index in [1.165, 1.54) is 0 Å². The molecule has 1 N–H and O–H groups in total. The molecule has 0 amide bonds. The number of likely N-dealkylation sites (N-methyl/N-ethyl adjacent to an activating group) is 1. The summed E-state index contributed by atoms with van der Waals surface area (Å²) in [7, 11) is 3.86.